The van der Waals surface area contributed by atoms with Crippen molar-refractivity contribution in [2.45, 2.75) is 45.4 Å². The summed E-state index contributed by atoms with van der Waals surface area (Å²) in [5.74, 6) is 0.865. The second kappa shape index (κ2) is 7.77. The van der Waals surface area contributed by atoms with E-state index < -0.39 is 0 Å². The van der Waals surface area contributed by atoms with E-state index in [1.807, 2.05) is 16.7 Å². The number of nitrogens with zero attached hydrogens (tertiary/aromatic N) is 4. The molecule has 2 saturated heterocycles. The Labute approximate surface area is 164 Å². The van der Waals surface area contributed by atoms with Gasteiger partial charge in [0.1, 0.15) is 5.76 Å². The number of aryl methyl sites for hydroxylation is 1. The van der Waals surface area contributed by atoms with E-state index in [1.54, 1.807) is 18.6 Å². The number of H-pyrrole nitrogens is 1. The van der Waals surface area contributed by atoms with Gasteiger partial charge in [0.05, 0.1) is 6.33 Å². The molecule has 0 saturated carbocycles. The molecule has 2 aliphatic heterocycles. The second-order valence-corrected chi connectivity index (χ2v) is 8.00. The standard InChI is InChI=1S/C20H27N5O3/c1-2-16-10-17(23-28-16)19(27)25-8-3-6-20(13-25)7-4-18(26)24(12-20)9-5-15-11-21-14-22-15/h10-11,14H,2-9,12-13H2,1H3,(H,21,22). The number of piperidine rings is 2. The maximum atomic E-state index is 12.9. The van der Waals surface area contributed by atoms with Crippen LogP contribution in [-0.4, -0.2) is 62.9 Å². The molecule has 1 spiro atoms. The van der Waals surface area contributed by atoms with Crippen molar-refractivity contribution < 1.29 is 14.1 Å². The van der Waals surface area contributed by atoms with E-state index in [0.717, 1.165) is 50.1 Å². The molecule has 4 rings (SSSR count). The summed E-state index contributed by atoms with van der Waals surface area (Å²) in [6.07, 6.45) is 8.34. The van der Waals surface area contributed by atoms with Crippen LogP contribution in [0.3, 0.4) is 0 Å². The van der Waals surface area contributed by atoms with Crippen LogP contribution in [0.15, 0.2) is 23.1 Å². The molecule has 1 unspecified atom stereocenters. The molecule has 4 heterocycles. The Morgan fingerprint density at radius 3 is 3.00 bits per heavy atom. The molecular weight excluding hydrogens is 358 g/mol. The highest BCUT2D eigenvalue weighted by atomic mass is 16.5. The molecule has 2 aromatic heterocycles. The fourth-order valence-corrected chi connectivity index (χ4v) is 4.44. The lowest BCUT2D eigenvalue weighted by atomic mass is 9.73. The van der Waals surface area contributed by atoms with Crippen LogP contribution in [0.25, 0.3) is 0 Å². The number of hydrogen-bond acceptors (Lipinski definition) is 5. The molecule has 0 bridgehead atoms. The molecule has 28 heavy (non-hydrogen) atoms. The lowest BCUT2D eigenvalue weighted by Gasteiger charge is -2.48. The summed E-state index contributed by atoms with van der Waals surface area (Å²) in [6, 6.07) is 1.74. The Morgan fingerprint density at radius 2 is 2.25 bits per heavy atom. The molecule has 2 aromatic rings. The fraction of sp³-hybridized carbons (Fsp3) is 0.600. The number of hydrogen-bond donors (Lipinski definition) is 1. The van der Waals surface area contributed by atoms with E-state index in [2.05, 4.69) is 15.1 Å². The van der Waals surface area contributed by atoms with Gasteiger partial charge in [0.15, 0.2) is 5.69 Å². The van der Waals surface area contributed by atoms with Gasteiger partial charge in [-0.05, 0) is 19.3 Å². The number of carbonyl (C=O) groups is 2. The average Bonchev–Trinajstić information content (AvgIpc) is 3.40. The molecular formula is C20H27N5O3. The van der Waals surface area contributed by atoms with Crippen LogP contribution in [0.2, 0.25) is 0 Å². The van der Waals surface area contributed by atoms with Gasteiger partial charge in [0.25, 0.3) is 5.91 Å². The Bertz CT molecular complexity index is 831. The van der Waals surface area contributed by atoms with Crippen molar-refractivity contribution in [3.63, 3.8) is 0 Å². The van der Waals surface area contributed by atoms with E-state index in [4.69, 9.17) is 4.52 Å². The SMILES string of the molecule is CCc1cc(C(=O)N2CCCC3(CCC(=O)N(CCc4cnc[nH]4)C3)C2)no1. The van der Waals surface area contributed by atoms with Crippen LogP contribution in [0.5, 0.6) is 0 Å². The summed E-state index contributed by atoms with van der Waals surface area (Å²) in [4.78, 5) is 36.3. The van der Waals surface area contributed by atoms with Crippen LogP contribution < -0.4 is 0 Å². The number of aromatic nitrogens is 3. The molecule has 2 aliphatic rings. The van der Waals surface area contributed by atoms with Gasteiger partial charge >= 0.3 is 0 Å². The molecule has 2 amide bonds. The zero-order valence-electron chi connectivity index (χ0n) is 16.3. The first kappa shape index (κ1) is 18.7. The van der Waals surface area contributed by atoms with E-state index in [0.29, 0.717) is 31.7 Å². The molecule has 0 aliphatic carbocycles. The predicted octanol–water partition coefficient (Wildman–Crippen LogP) is 2.05. The summed E-state index contributed by atoms with van der Waals surface area (Å²) < 4.78 is 5.20. The van der Waals surface area contributed by atoms with Gasteiger partial charge in [-0.3, -0.25) is 9.59 Å². The van der Waals surface area contributed by atoms with Crippen molar-refractivity contribution in [3.05, 3.63) is 35.7 Å². The average molecular weight is 385 g/mol. The first-order chi connectivity index (χ1) is 13.6. The third kappa shape index (κ3) is 3.81. The maximum absolute atomic E-state index is 12.9. The summed E-state index contributed by atoms with van der Waals surface area (Å²) >= 11 is 0. The first-order valence-corrected chi connectivity index (χ1v) is 10.1. The van der Waals surface area contributed by atoms with Crippen molar-refractivity contribution >= 4 is 11.8 Å². The predicted molar refractivity (Wildman–Crippen MR) is 102 cm³/mol. The Morgan fingerprint density at radius 1 is 1.36 bits per heavy atom. The molecule has 1 atom stereocenters. The Hall–Kier alpha value is -2.64. The number of rotatable bonds is 5. The van der Waals surface area contributed by atoms with E-state index in [-0.39, 0.29) is 17.2 Å². The molecule has 0 aromatic carbocycles. The lowest BCUT2D eigenvalue weighted by molar-refractivity contribution is -0.138. The van der Waals surface area contributed by atoms with Gasteiger partial charge in [-0.25, -0.2) is 4.98 Å². The highest BCUT2D eigenvalue weighted by Gasteiger charge is 2.43. The van der Waals surface area contributed by atoms with Crippen molar-refractivity contribution in [3.8, 4) is 0 Å². The number of nitrogens with one attached hydrogen (secondary N) is 1. The minimum atomic E-state index is -0.0663. The Kier molecular flexibility index (Phi) is 5.19. The number of imidazole rings is 1. The van der Waals surface area contributed by atoms with Crippen LogP contribution >= 0.6 is 0 Å². The van der Waals surface area contributed by atoms with Crippen molar-refractivity contribution in [2.75, 3.05) is 26.2 Å². The second-order valence-electron chi connectivity index (χ2n) is 8.00. The zero-order chi connectivity index (χ0) is 19.6. The smallest absolute Gasteiger partial charge is 0.276 e. The van der Waals surface area contributed by atoms with Gasteiger partial charge in [-0.2, -0.15) is 0 Å². The van der Waals surface area contributed by atoms with Crippen LogP contribution in [-0.2, 0) is 17.6 Å². The third-order valence-corrected chi connectivity index (χ3v) is 6.03. The van der Waals surface area contributed by atoms with Crippen molar-refractivity contribution in [1.29, 1.82) is 0 Å². The number of aromatic amines is 1. The Balaban J connectivity index is 1.42. The molecule has 8 heteroatoms. The van der Waals surface area contributed by atoms with Gasteiger partial charge in [-0.1, -0.05) is 12.1 Å². The van der Waals surface area contributed by atoms with Crippen LogP contribution in [0.4, 0.5) is 0 Å². The zero-order valence-corrected chi connectivity index (χ0v) is 16.3. The van der Waals surface area contributed by atoms with E-state index >= 15 is 0 Å². The highest BCUT2D eigenvalue weighted by Crippen LogP contribution is 2.39. The number of likely N-dealkylation sites (tertiary alicyclic amines) is 2. The van der Waals surface area contributed by atoms with Gasteiger partial charge in [0.2, 0.25) is 5.91 Å². The topological polar surface area (TPSA) is 95.3 Å². The summed E-state index contributed by atoms with van der Waals surface area (Å²) in [5, 5.41) is 3.94. The van der Waals surface area contributed by atoms with Gasteiger partial charge < -0.3 is 19.3 Å². The molecule has 8 nitrogen and oxygen atoms in total. The molecule has 1 N–H and O–H groups in total. The highest BCUT2D eigenvalue weighted by molar-refractivity contribution is 5.92. The lowest BCUT2D eigenvalue weighted by Crippen LogP contribution is -2.55. The molecule has 150 valence electrons. The van der Waals surface area contributed by atoms with Gasteiger partial charge in [0, 0.05) is 68.8 Å². The van der Waals surface area contributed by atoms with E-state index in [9.17, 15) is 9.59 Å². The maximum Gasteiger partial charge on any atom is 0.276 e. The number of amides is 2. The fourth-order valence-electron chi connectivity index (χ4n) is 4.44. The van der Waals surface area contributed by atoms with Crippen molar-refractivity contribution in [2.24, 2.45) is 5.41 Å². The first-order valence-electron chi connectivity index (χ1n) is 10.1. The largest absolute Gasteiger partial charge is 0.361 e. The number of carbonyl (C=O) groups excluding carboxylic acids is 2. The minimum Gasteiger partial charge on any atom is -0.361 e. The summed E-state index contributed by atoms with van der Waals surface area (Å²) in [7, 11) is 0. The summed E-state index contributed by atoms with van der Waals surface area (Å²) in [5.41, 5.74) is 1.40. The monoisotopic (exact) mass is 385 g/mol. The van der Waals surface area contributed by atoms with Crippen molar-refractivity contribution in [1.82, 2.24) is 24.9 Å². The van der Waals surface area contributed by atoms with E-state index in [1.165, 1.54) is 0 Å². The summed E-state index contributed by atoms with van der Waals surface area (Å²) in [6.45, 7) is 4.77. The van der Waals surface area contributed by atoms with Crippen LogP contribution in [0, 0.1) is 5.41 Å². The molecule has 0 radical (unpaired) electrons. The minimum absolute atomic E-state index is 0.0207. The quantitative estimate of drug-likeness (QED) is 0.850. The third-order valence-electron chi connectivity index (χ3n) is 6.03. The van der Waals surface area contributed by atoms with Gasteiger partial charge in [-0.15, -0.1) is 0 Å². The molecule has 2 fully saturated rings. The van der Waals surface area contributed by atoms with Crippen LogP contribution in [0.1, 0.15) is 54.5 Å². The normalized spacial score (nSPS) is 22.8.